The van der Waals surface area contributed by atoms with Gasteiger partial charge in [0.15, 0.2) is 0 Å². The van der Waals surface area contributed by atoms with E-state index in [1.807, 2.05) is 25.3 Å². The zero-order valence-electron chi connectivity index (χ0n) is 8.11. The normalized spacial score (nSPS) is 10.4. The summed E-state index contributed by atoms with van der Waals surface area (Å²) in [6, 6.07) is 5.35. The van der Waals surface area contributed by atoms with E-state index in [4.69, 9.17) is 0 Å². The molecule has 72 valence electrons. The van der Waals surface area contributed by atoms with Crippen molar-refractivity contribution in [3.63, 3.8) is 0 Å². The molecule has 1 aromatic heterocycles. The van der Waals surface area contributed by atoms with Crippen LogP contribution in [0.25, 0.3) is 11.3 Å². The summed E-state index contributed by atoms with van der Waals surface area (Å²) in [5, 5.41) is 12.4. The number of hydrogen-bond acceptors (Lipinski definition) is 3. The van der Waals surface area contributed by atoms with Gasteiger partial charge in [0.1, 0.15) is 5.75 Å². The third-order valence-electron chi connectivity index (χ3n) is 2.12. The maximum absolute atomic E-state index is 9.38. The molecule has 0 fully saturated rings. The molecule has 0 amide bonds. The quantitative estimate of drug-likeness (QED) is 0.775. The molecule has 0 bridgehead atoms. The minimum Gasteiger partial charge on any atom is -0.508 e. The third-order valence-corrected chi connectivity index (χ3v) is 2.89. The van der Waals surface area contributed by atoms with Gasteiger partial charge in [0.2, 0.25) is 0 Å². The Bertz CT molecular complexity index is 462. The number of benzene rings is 1. The van der Waals surface area contributed by atoms with Crippen LogP contribution >= 0.6 is 11.3 Å². The highest BCUT2D eigenvalue weighted by Gasteiger charge is 2.05. The standard InChI is InChI=1S/C11H11NOS/c1-7-3-4-9(13)5-10(7)11-6-14-8(2)12-11/h3-6,13H,1-2H3. The summed E-state index contributed by atoms with van der Waals surface area (Å²) in [5.41, 5.74) is 3.09. The maximum atomic E-state index is 9.38. The van der Waals surface area contributed by atoms with E-state index in [9.17, 15) is 5.11 Å². The molecule has 0 saturated carbocycles. The Morgan fingerprint density at radius 3 is 2.71 bits per heavy atom. The van der Waals surface area contributed by atoms with Crippen molar-refractivity contribution in [1.29, 1.82) is 0 Å². The van der Waals surface area contributed by atoms with E-state index in [0.717, 1.165) is 21.8 Å². The number of phenols is 1. The molecule has 1 aromatic carbocycles. The molecule has 0 saturated heterocycles. The molecule has 0 aliphatic heterocycles. The first-order valence-electron chi connectivity index (χ1n) is 4.39. The smallest absolute Gasteiger partial charge is 0.116 e. The minimum absolute atomic E-state index is 0.288. The van der Waals surface area contributed by atoms with Gasteiger partial charge >= 0.3 is 0 Å². The van der Waals surface area contributed by atoms with Crippen LogP contribution in [-0.4, -0.2) is 10.1 Å². The van der Waals surface area contributed by atoms with Crippen molar-refractivity contribution in [3.8, 4) is 17.0 Å². The van der Waals surface area contributed by atoms with E-state index in [1.54, 1.807) is 23.5 Å². The van der Waals surface area contributed by atoms with Gasteiger partial charge in [0.05, 0.1) is 10.7 Å². The van der Waals surface area contributed by atoms with Crippen molar-refractivity contribution >= 4 is 11.3 Å². The van der Waals surface area contributed by atoms with Gasteiger partial charge in [-0.25, -0.2) is 4.98 Å². The first-order valence-corrected chi connectivity index (χ1v) is 5.27. The Kier molecular flexibility index (Phi) is 2.25. The van der Waals surface area contributed by atoms with Gasteiger partial charge in [-0.15, -0.1) is 11.3 Å². The van der Waals surface area contributed by atoms with Gasteiger partial charge in [0.25, 0.3) is 0 Å². The molecular weight excluding hydrogens is 194 g/mol. The molecule has 0 aliphatic rings. The fraction of sp³-hybridized carbons (Fsp3) is 0.182. The van der Waals surface area contributed by atoms with Gasteiger partial charge in [-0.1, -0.05) is 6.07 Å². The highest BCUT2D eigenvalue weighted by atomic mass is 32.1. The van der Waals surface area contributed by atoms with Crippen LogP contribution in [0.15, 0.2) is 23.6 Å². The lowest BCUT2D eigenvalue weighted by Crippen LogP contribution is -1.83. The molecule has 0 spiro atoms. The van der Waals surface area contributed by atoms with Crippen molar-refractivity contribution in [3.05, 3.63) is 34.2 Å². The van der Waals surface area contributed by atoms with E-state index < -0.39 is 0 Å². The van der Waals surface area contributed by atoms with Crippen LogP contribution in [0, 0.1) is 13.8 Å². The molecule has 0 atom stereocenters. The fourth-order valence-corrected chi connectivity index (χ4v) is 1.99. The van der Waals surface area contributed by atoms with Gasteiger partial charge < -0.3 is 5.11 Å². The second-order valence-corrected chi connectivity index (χ2v) is 4.31. The molecule has 2 aromatic rings. The van der Waals surface area contributed by atoms with Crippen molar-refractivity contribution in [1.82, 2.24) is 4.98 Å². The molecule has 1 heterocycles. The Morgan fingerprint density at radius 2 is 2.07 bits per heavy atom. The van der Waals surface area contributed by atoms with Crippen molar-refractivity contribution in [2.24, 2.45) is 0 Å². The van der Waals surface area contributed by atoms with Crippen LogP contribution in [0.4, 0.5) is 0 Å². The van der Waals surface area contributed by atoms with Crippen LogP contribution < -0.4 is 0 Å². The Hall–Kier alpha value is -1.35. The summed E-state index contributed by atoms with van der Waals surface area (Å²) in [4.78, 5) is 4.39. The van der Waals surface area contributed by atoms with Gasteiger partial charge in [-0.2, -0.15) is 0 Å². The SMILES string of the molecule is Cc1nc(-c2cc(O)ccc2C)cs1. The monoisotopic (exact) mass is 205 g/mol. The number of aromatic hydroxyl groups is 1. The Morgan fingerprint density at radius 1 is 1.29 bits per heavy atom. The lowest BCUT2D eigenvalue weighted by Gasteiger charge is -2.02. The molecule has 0 unspecified atom stereocenters. The average Bonchev–Trinajstić information content (AvgIpc) is 2.56. The van der Waals surface area contributed by atoms with E-state index >= 15 is 0 Å². The molecule has 0 aliphatic carbocycles. The molecule has 14 heavy (non-hydrogen) atoms. The van der Waals surface area contributed by atoms with Crippen molar-refractivity contribution < 1.29 is 5.11 Å². The topological polar surface area (TPSA) is 33.1 Å². The number of aromatic nitrogens is 1. The van der Waals surface area contributed by atoms with E-state index in [-0.39, 0.29) is 5.75 Å². The summed E-state index contributed by atoms with van der Waals surface area (Å²) in [6.45, 7) is 4.00. The fourth-order valence-electron chi connectivity index (χ4n) is 1.37. The van der Waals surface area contributed by atoms with E-state index in [0.29, 0.717) is 0 Å². The van der Waals surface area contributed by atoms with Crippen LogP contribution in [0.5, 0.6) is 5.75 Å². The van der Waals surface area contributed by atoms with E-state index in [1.165, 1.54) is 0 Å². The minimum atomic E-state index is 0.288. The molecule has 3 heteroatoms. The van der Waals surface area contributed by atoms with Crippen LogP contribution in [0.3, 0.4) is 0 Å². The average molecular weight is 205 g/mol. The number of nitrogens with zero attached hydrogens (tertiary/aromatic N) is 1. The Labute approximate surface area is 86.9 Å². The summed E-state index contributed by atoms with van der Waals surface area (Å²) >= 11 is 1.62. The number of hydrogen-bond donors (Lipinski definition) is 1. The number of aryl methyl sites for hydroxylation is 2. The van der Waals surface area contributed by atoms with Crippen LogP contribution in [0.1, 0.15) is 10.6 Å². The molecule has 2 nitrogen and oxygen atoms in total. The maximum Gasteiger partial charge on any atom is 0.116 e. The summed E-state index contributed by atoms with van der Waals surface area (Å²) in [5.74, 6) is 0.288. The summed E-state index contributed by atoms with van der Waals surface area (Å²) in [7, 11) is 0. The number of phenolic OH excluding ortho intramolecular Hbond substituents is 1. The Balaban J connectivity index is 2.55. The zero-order valence-corrected chi connectivity index (χ0v) is 8.93. The van der Waals surface area contributed by atoms with Crippen molar-refractivity contribution in [2.75, 3.05) is 0 Å². The highest BCUT2D eigenvalue weighted by molar-refractivity contribution is 7.09. The summed E-state index contributed by atoms with van der Waals surface area (Å²) < 4.78 is 0. The predicted octanol–water partition coefficient (Wildman–Crippen LogP) is 3.13. The largest absolute Gasteiger partial charge is 0.508 e. The molecular formula is C11H11NOS. The number of thiazole rings is 1. The predicted molar refractivity (Wildman–Crippen MR) is 58.7 cm³/mol. The highest BCUT2D eigenvalue weighted by Crippen LogP contribution is 2.27. The van der Waals surface area contributed by atoms with Gasteiger partial charge in [0, 0.05) is 10.9 Å². The van der Waals surface area contributed by atoms with E-state index in [2.05, 4.69) is 4.98 Å². The first kappa shape index (κ1) is 9.21. The van der Waals surface area contributed by atoms with Crippen molar-refractivity contribution in [2.45, 2.75) is 13.8 Å². The number of rotatable bonds is 1. The zero-order chi connectivity index (χ0) is 10.1. The lowest BCUT2D eigenvalue weighted by molar-refractivity contribution is 0.475. The third kappa shape index (κ3) is 1.63. The van der Waals surface area contributed by atoms with Crippen LogP contribution in [0.2, 0.25) is 0 Å². The second-order valence-electron chi connectivity index (χ2n) is 3.25. The van der Waals surface area contributed by atoms with Crippen LogP contribution in [-0.2, 0) is 0 Å². The lowest BCUT2D eigenvalue weighted by atomic mass is 10.1. The van der Waals surface area contributed by atoms with Gasteiger partial charge in [-0.05, 0) is 31.5 Å². The molecule has 2 rings (SSSR count). The molecule has 1 N–H and O–H groups in total. The summed E-state index contributed by atoms with van der Waals surface area (Å²) in [6.07, 6.45) is 0. The first-order chi connectivity index (χ1) is 6.66. The second kappa shape index (κ2) is 3.42. The molecule has 0 radical (unpaired) electrons. The van der Waals surface area contributed by atoms with Gasteiger partial charge in [-0.3, -0.25) is 0 Å².